The lowest BCUT2D eigenvalue weighted by Gasteiger charge is -2.25. The molecule has 2 aliphatic rings. The summed E-state index contributed by atoms with van der Waals surface area (Å²) in [5.74, 6) is -0.570. The third-order valence-corrected chi connectivity index (χ3v) is 4.93. The minimum absolute atomic E-state index is 0.0148. The Bertz CT molecular complexity index is 612. The molecule has 0 aromatic carbocycles. The predicted octanol–water partition coefficient (Wildman–Crippen LogP) is 0.541. The molecule has 3 rings (SSSR count). The van der Waals surface area contributed by atoms with Crippen molar-refractivity contribution in [1.82, 2.24) is 20.0 Å². The number of hydrogen-bond donors (Lipinski definition) is 1. The Hall–Kier alpha value is -1.77. The lowest BCUT2D eigenvalue weighted by atomic mass is 10.1. The van der Waals surface area contributed by atoms with Gasteiger partial charge in [0.25, 0.3) is 11.8 Å². The van der Waals surface area contributed by atoms with E-state index >= 15 is 0 Å². The van der Waals surface area contributed by atoms with Gasteiger partial charge in [-0.3, -0.25) is 9.59 Å². The van der Waals surface area contributed by atoms with Crippen molar-refractivity contribution in [3.05, 3.63) is 18.0 Å². The van der Waals surface area contributed by atoms with Crippen LogP contribution in [0.4, 0.5) is 0 Å². The summed E-state index contributed by atoms with van der Waals surface area (Å²) in [6.45, 7) is 4.18. The Morgan fingerprint density at radius 1 is 1.48 bits per heavy atom. The van der Waals surface area contributed by atoms with Gasteiger partial charge in [0.05, 0.1) is 18.8 Å². The third-order valence-electron chi connectivity index (χ3n) is 4.93. The normalized spacial score (nSPS) is 25.2. The summed E-state index contributed by atoms with van der Waals surface area (Å²) in [6, 6.07) is 1.90. The molecule has 2 saturated heterocycles. The summed E-state index contributed by atoms with van der Waals surface area (Å²) in [5, 5.41) is 6.92. The highest BCUT2D eigenvalue weighted by Gasteiger charge is 2.27. The van der Waals surface area contributed by atoms with Crippen molar-refractivity contribution < 1.29 is 19.1 Å². The number of aromatic nitrogens is 2. The highest BCUT2D eigenvalue weighted by atomic mass is 16.5. The zero-order chi connectivity index (χ0) is 17.8. The molecule has 2 fully saturated rings. The van der Waals surface area contributed by atoms with Crippen LogP contribution in [0.1, 0.15) is 41.5 Å². The van der Waals surface area contributed by atoms with Gasteiger partial charge in [-0.05, 0) is 45.8 Å². The quantitative estimate of drug-likeness (QED) is 0.806. The molecule has 0 saturated carbocycles. The van der Waals surface area contributed by atoms with Crippen molar-refractivity contribution in [3.63, 3.8) is 0 Å². The van der Waals surface area contributed by atoms with Crippen molar-refractivity contribution >= 4 is 11.8 Å². The Labute approximate surface area is 147 Å². The average molecular weight is 350 g/mol. The standard InChI is InChI=1S/C17H26N4O4/c1-12(15-4-3-7-20(15)2)25-11-16(22)21-8-5-14(19-21)17(23)18-13-6-9-24-10-13/h5,8,12-13,15H,3-4,6-7,9-11H2,1-2H3,(H,18,23)/t12-,13-,15-/m0/s1. The molecule has 0 unspecified atom stereocenters. The third kappa shape index (κ3) is 4.45. The first-order valence-electron chi connectivity index (χ1n) is 8.84. The van der Waals surface area contributed by atoms with Crippen LogP contribution in [0.25, 0.3) is 0 Å². The van der Waals surface area contributed by atoms with E-state index in [9.17, 15) is 9.59 Å². The SMILES string of the molecule is C[C@H](OCC(=O)n1ccc(C(=O)N[C@H]2CCOC2)n1)[C@@H]1CCCN1C. The fourth-order valence-electron chi connectivity index (χ4n) is 3.40. The van der Waals surface area contributed by atoms with Crippen LogP contribution < -0.4 is 5.32 Å². The largest absolute Gasteiger partial charge is 0.379 e. The minimum Gasteiger partial charge on any atom is -0.379 e. The maximum absolute atomic E-state index is 12.2. The summed E-state index contributed by atoms with van der Waals surface area (Å²) < 4.78 is 12.1. The lowest BCUT2D eigenvalue weighted by Crippen LogP contribution is -2.37. The molecule has 8 nitrogen and oxygen atoms in total. The van der Waals surface area contributed by atoms with Crippen LogP contribution in [0.3, 0.4) is 0 Å². The Balaban J connectivity index is 1.49. The van der Waals surface area contributed by atoms with E-state index in [4.69, 9.17) is 9.47 Å². The van der Waals surface area contributed by atoms with Crippen LogP contribution in [-0.2, 0) is 9.47 Å². The van der Waals surface area contributed by atoms with Gasteiger partial charge in [-0.2, -0.15) is 5.10 Å². The highest BCUT2D eigenvalue weighted by molar-refractivity contribution is 5.93. The molecular weight excluding hydrogens is 324 g/mol. The van der Waals surface area contributed by atoms with Crippen LogP contribution in [0.5, 0.6) is 0 Å². The molecule has 138 valence electrons. The molecule has 1 amide bonds. The van der Waals surface area contributed by atoms with Gasteiger partial charge in [0.15, 0.2) is 5.69 Å². The van der Waals surface area contributed by atoms with Gasteiger partial charge in [0.1, 0.15) is 6.61 Å². The average Bonchev–Trinajstić information content (AvgIpc) is 3.33. The van der Waals surface area contributed by atoms with E-state index in [1.165, 1.54) is 16.9 Å². The molecule has 1 aromatic heterocycles. The van der Waals surface area contributed by atoms with Gasteiger partial charge in [0, 0.05) is 18.8 Å². The molecule has 8 heteroatoms. The summed E-state index contributed by atoms with van der Waals surface area (Å²) in [7, 11) is 2.08. The van der Waals surface area contributed by atoms with E-state index < -0.39 is 0 Å². The number of hydrogen-bond acceptors (Lipinski definition) is 6. The second kappa shape index (κ2) is 8.07. The summed E-state index contributed by atoms with van der Waals surface area (Å²) >= 11 is 0. The molecular formula is C17H26N4O4. The number of ether oxygens (including phenoxy) is 2. The van der Waals surface area contributed by atoms with Gasteiger partial charge in [-0.15, -0.1) is 0 Å². The monoisotopic (exact) mass is 350 g/mol. The number of nitrogens with zero attached hydrogens (tertiary/aromatic N) is 3. The van der Waals surface area contributed by atoms with Gasteiger partial charge < -0.3 is 19.7 Å². The smallest absolute Gasteiger partial charge is 0.272 e. The van der Waals surface area contributed by atoms with Crippen LogP contribution in [0.15, 0.2) is 12.3 Å². The van der Waals surface area contributed by atoms with E-state index in [1.54, 1.807) is 0 Å². The van der Waals surface area contributed by atoms with Crippen LogP contribution >= 0.6 is 0 Å². The van der Waals surface area contributed by atoms with Crippen molar-refractivity contribution in [1.29, 1.82) is 0 Å². The topological polar surface area (TPSA) is 85.7 Å². The molecule has 0 bridgehead atoms. The first kappa shape index (κ1) is 18.0. The van der Waals surface area contributed by atoms with E-state index in [0.717, 1.165) is 25.8 Å². The fourth-order valence-corrected chi connectivity index (χ4v) is 3.40. The number of carbonyl (C=O) groups is 2. The first-order valence-corrected chi connectivity index (χ1v) is 8.84. The lowest BCUT2D eigenvalue weighted by molar-refractivity contribution is 0.0140. The number of amides is 1. The number of likely N-dealkylation sites (N-methyl/N-ethyl adjacent to an activating group) is 1. The van der Waals surface area contributed by atoms with Crippen molar-refractivity contribution in [2.24, 2.45) is 0 Å². The minimum atomic E-state index is -0.288. The summed E-state index contributed by atoms with van der Waals surface area (Å²) in [4.78, 5) is 26.6. The van der Waals surface area contributed by atoms with Crippen LogP contribution in [0, 0.1) is 0 Å². The fraction of sp³-hybridized carbons (Fsp3) is 0.706. The Kier molecular flexibility index (Phi) is 5.82. The maximum atomic E-state index is 12.2. The molecule has 0 radical (unpaired) electrons. The summed E-state index contributed by atoms with van der Waals surface area (Å²) in [6.07, 6.45) is 4.53. The predicted molar refractivity (Wildman–Crippen MR) is 90.6 cm³/mol. The van der Waals surface area contributed by atoms with Gasteiger partial charge in [-0.25, -0.2) is 4.68 Å². The van der Waals surface area contributed by atoms with E-state index in [0.29, 0.717) is 19.3 Å². The molecule has 1 N–H and O–H groups in total. The number of nitrogens with one attached hydrogen (secondary N) is 1. The molecule has 2 aliphatic heterocycles. The number of carbonyl (C=O) groups excluding carboxylic acids is 2. The van der Waals surface area contributed by atoms with Crippen LogP contribution in [0.2, 0.25) is 0 Å². The Morgan fingerprint density at radius 3 is 3.00 bits per heavy atom. The molecule has 3 atom stereocenters. The van der Waals surface area contributed by atoms with Crippen molar-refractivity contribution in [3.8, 4) is 0 Å². The molecule has 1 aromatic rings. The number of likely N-dealkylation sites (tertiary alicyclic amines) is 1. The highest BCUT2D eigenvalue weighted by Crippen LogP contribution is 2.19. The first-order chi connectivity index (χ1) is 12.0. The molecule has 0 aliphatic carbocycles. The zero-order valence-corrected chi connectivity index (χ0v) is 14.8. The Morgan fingerprint density at radius 2 is 2.32 bits per heavy atom. The second-order valence-corrected chi connectivity index (χ2v) is 6.78. The molecule has 25 heavy (non-hydrogen) atoms. The van der Waals surface area contributed by atoms with E-state index in [1.807, 2.05) is 6.92 Å². The summed E-state index contributed by atoms with van der Waals surface area (Å²) in [5.41, 5.74) is 0.226. The number of rotatable bonds is 6. The van der Waals surface area contributed by atoms with Crippen LogP contribution in [-0.4, -0.2) is 78.1 Å². The molecule has 0 spiro atoms. The zero-order valence-electron chi connectivity index (χ0n) is 14.8. The van der Waals surface area contributed by atoms with Gasteiger partial charge >= 0.3 is 0 Å². The van der Waals surface area contributed by atoms with Gasteiger partial charge in [-0.1, -0.05) is 0 Å². The van der Waals surface area contributed by atoms with Crippen molar-refractivity contribution in [2.75, 3.05) is 33.4 Å². The molecule has 3 heterocycles. The maximum Gasteiger partial charge on any atom is 0.272 e. The second-order valence-electron chi connectivity index (χ2n) is 6.78. The van der Waals surface area contributed by atoms with Gasteiger partial charge in [0.2, 0.25) is 0 Å². The van der Waals surface area contributed by atoms with E-state index in [2.05, 4.69) is 22.4 Å². The van der Waals surface area contributed by atoms with Crippen molar-refractivity contribution in [2.45, 2.75) is 44.4 Å². The van der Waals surface area contributed by atoms with E-state index in [-0.39, 0.29) is 36.3 Å².